The maximum atomic E-state index is 6.24. The topological polar surface area (TPSA) is 54.7 Å². The molecule has 1 heterocycles. The Morgan fingerprint density at radius 2 is 2.00 bits per heavy atom. The predicted molar refractivity (Wildman–Crippen MR) is 59.5 cm³/mol. The Labute approximate surface area is 90.5 Å². The van der Waals surface area contributed by atoms with Crippen molar-refractivity contribution in [1.29, 1.82) is 0 Å². The van der Waals surface area contributed by atoms with Crippen molar-refractivity contribution < 1.29 is 0 Å². The number of imidazole rings is 1. The second-order valence-corrected chi connectivity index (χ2v) is 5.18. The van der Waals surface area contributed by atoms with Gasteiger partial charge in [-0.3, -0.25) is 0 Å². The minimum Gasteiger partial charge on any atom is -0.344 e. The van der Waals surface area contributed by atoms with Crippen molar-refractivity contribution in [3.05, 3.63) is 17.7 Å². The number of H-pyrrole nitrogens is 1. The van der Waals surface area contributed by atoms with Crippen LogP contribution in [-0.2, 0) is 5.54 Å². The molecule has 82 valence electrons. The molecule has 3 N–H and O–H groups in total. The summed E-state index contributed by atoms with van der Waals surface area (Å²) < 4.78 is 0. The normalized spacial score (nSPS) is 25.4. The first kappa shape index (κ1) is 9.40. The smallest absolute Gasteiger partial charge is 0.126 e. The molecule has 15 heavy (non-hydrogen) atoms. The Hall–Kier alpha value is -0.830. The van der Waals surface area contributed by atoms with Crippen LogP contribution in [0.15, 0.2) is 6.20 Å². The first-order valence-corrected chi connectivity index (χ1v) is 6.12. The summed E-state index contributed by atoms with van der Waals surface area (Å²) in [5.41, 5.74) is 7.43. The van der Waals surface area contributed by atoms with Gasteiger partial charge in [0.2, 0.25) is 0 Å². The number of hydrogen-bond donors (Lipinski definition) is 2. The summed E-state index contributed by atoms with van der Waals surface area (Å²) in [5, 5.41) is 0. The minimum absolute atomic E-state index is 0.128. The molecule has 3 nitrogen and oxygen atoms in total. The van der Waals surface area contributed by atoms with Gasteiger partial charge in [0.1, 0.15) is 5.82 Å². The lowest BCUT2D eigenvalue weighted by Gasteiger charge is -2.36. The molecule has 1 aromatic heterocycles. The Morgan fingerprint density at radius 3 is 2.60 bits per heavy atom. The van der Waals surface area contributed by atoms with Crippen LogP contribution in [0.4, 0.5) is 0 Å². The summed E-state index contributed by atoms with van der Waals surface area (Å²) in [6, 6.07) is 0. The van der Waals surface area contributed by atoms with Crippen LogP contribution in [0.1, 0.15) is 62.4 Å². The van der Waals surface area contributed by atoms with Gasteiger partial charge in [-0.2, -0.15) is 0 Å². The highest BCUT2D eigenvalue weighted by Crippen LogP contribution is 2.39. The summed E-state index contributed by atoms with van der Waals surface area (Å²) in [6.45, 7) is 0. The van der Waals surface area contributed by atoms with Crippen molar-refractivity contribution >= 4 is 0 Å². The fraction of sp³-hybridized carbons (Fsp3) is 0.750. The standard InChI is InChI=1S/C12H19N3/c13-12(6-3-7-12)11-14-8-10(15-11)9-4-1-2-5-9/h8-9H,1-7,13H2,(H,14,15). The number of nitrogens with two attached hydrogens (primary N) is 1. The zero-order valence-corrected chi connectivity index (χ0v) is 9.13. The van der Waals surface area contributed by atoms with E-state index in [1.807, 2.05) is 6.20 Å². The molecule has 0 unspecified atom stereocenters. The fourth-order valence-corrected chi connectivity index (χ4v) is 2.83. The summed E-state index contributed by atoms with van der Waals surface area (Å²) in [7, 11) is 0. The molecular formula is C12H19N3. The molecule has 0 aromatic carbocycles. The summed E-state index contributed by atoms with van der Waals surface area (Å²) in [4.78, 5) is 7.94. The molecule has 2 aliphatic carbocycles. The molecular weight excluding hydrogens is 186 g/mol. The largest absolute Gasteiger partial charge is 0.344 e. The van der Waals surface area contributed by atoms with E-state index in [1.165, 1.54) is 37.8 Å². The molecule has 0 radical (unpaired) electrons. The quantitative estimate of drug-likeness (QED) is 0.779. The van der Waals surface area contributed by atoms with E-state index >= 15 is 0 Å². The number of aromatic amines is 1. The molecule has 1 aromatic rings. The van der Waals surface area contributed by atoms with Gasteiger partial charge in [0, 0.05) is 17.8 Å². The Kier molecular flexibility index (Phi) is 2.09. The molecule has 0 atom stereocenters. The van der Waals surface area contributed by atoms with Crippen LogP contribution in [0.25, 0.3) is 0 Å². The molecule has 0 saturated heterocycles. The second kappa shape index (κ2) is 3.34. The maximum Gasteiger partial charge on any atom is 0.126 e. The van der Waals surface area contributed by atoms with Gasteiger partial charge < -0.3 is 10.7 Å². The lowest BCUT2D eigenvalue weighted by atomic mass is 9.77. The van der Waals surface area contributed by atoms with E-state index in [9.17, 15) is 0 Å². The summed E-state index contributed by atoms with van der Waals surface area (Å²) in [6.07, 6.45) is 10.8. The van der Waals surface area contributed by atoms with Gasteiger partial charge in [-0.25, -0.2) is 4.98 Å². The van der Waals surface area contributed by atoms with E-state index in [2.05, 4.69) is 9.97 Å². The zero-order chi connectivity index (χ0) is 10.3. The van der Waals surface area contributed by atoms with Crippen molar-refractivity contribution in [2.24, 2.45) is 5.73 Å². The molecule has 3 rings (SSSR count). The van der Waals surface area contributed by atoms with Crippen molar-refractivity contribution in [2.45, 2.75) is 56.4 Å². The van der Waals surface area contributed by atoms with Gasteiger partial charge in [-0.05, 0) is 32.1 Å². The average molecular weight is 205 g/mol. The Bertz CT molecular complexity index is 346. The Morgan fingerprint density at radius 1 is 1.27 bits per heavy atom. The SMILES string of the molecule is NC1(c2ncc(C3CCCC3)[nH]2)CCC1. The van der Waals surface area contributed by atoms with Crippen LogP contribution in [0, 0.1) is 0 Å². The van der Waals surface area contributed by atoms with Crippen LogP contribution < -0.4 is 5.73 Å². The molecule has 0 amide bonds. The lowest BCUT2D eigenvalue weighted by Crippen LogP contribution is -2.44. The first-order chi connectivity index (χ1) is 7.28. The van der Waals surface area contributed by atoms with Crippen LogP contribution >= 0.6 is 0 Å². The van der Waals surface area contributed by atoms with Crippen molar-refractivity contribution in [1.82, 2.24) is 9.97 Å². The molecule has 2 saturated carbocycles. The van der Waals surface area contributed by atoms with Crippen molar-refractivity contribution in [2.75, 3.05) is 0 Å². The molecule has 0 aliphatic heterocycles. The van der Waals surface area contributed by atoms with Gasteiger partial charge in [0.05, 0.1) is 5.54 Å². The Balaban J connectivity index is 1.80. The monoisotopic (exact) mass is 205 g/mol. The molecule has 0 bridgehead atoms. The van der Waals surface area contributed by atoms with Crippen molar-refractivity contribution in [3.63, 3.8) is 0 Å². The minimum atomic E-state index is -0.128. The zero-order valence-electron chi connectivity index (χ0n) is 9.13. The average Bonchev–Trinajstić information content (AvgIpc) is 2.84. The van der Waals surface area contributed by atoms with Crippen molar-refractivity contribution in [3.8, 4) is 0 Å². The first-order valence-electron chi connectivity index (χ1n) is 6.12. The third-order valence-corrected chi connectivity index (χ3v) is 4.11. The highest BCUT2D eigenvalue weighted by molar-refractivity contribution is 5.16. The number of nitrogens with one attached hydrogen (secondary N) is 1. The number of hydrogen-bond acceptors (Lipinski definition) is 2. The van der Waals surface area contributed by atoms with Gasteiger partial charge in [0.15, 0.2) is 0 Å². The van der Waals surface area contributed by atoms with E-state index in [0.717, 1.165) is 24.6 Å². The molecule has 2 aliphatic rings. The third-order valence-electron chi connectivity index (χ3n) is 4.11. The van der Waals surface area contributed by atoms with Crippen LogP contribution in [-0.4, -0.2) is 9.97 Å². The van der Waals surface area contributed by atoms with Gasteiger partial charge in [0.25, 0.3) is 0 Å². The van der Waals surface area contributed by atoms with Crippen LogP contribution in [0.2, 0.25) is 0 Å². The number of nitrogens with zero attached hydrogens (tertiary/aromatic N) is 1. The van der Waals surface area contributed by atoms with E-state index in [-0.39, 0.29) is 5.54 Å². The maximum absolute atomic E-state index is 6.24. The summed E-state index contributed by atoms with van der Waals surface area (Å²) >= 11 is 0. The van der Waals surface area contributed by atoms with Crippen LogP contribution in [0.3, 0.4) is 0 Å². The molecule has 0 spiro atoms. The van der Waals surface area contributed by atoms with E-state index < -0.39 is 0 Å². The van der Waals surface area contributed by atoms with Gasteiger partial charge in [-0.1, -0.05) is 12.8 Å². The van der Waals surface area contributed by atoms with E-state index in [1.54, 1.807) is 0 Å². The highest BCUT2D eigenvalue weighted by Gasteiger charge is 2.37. The number of rotatable bonds is 2. The summed E-state index contributed by atoms with van der Waals surface area (Å²) in [5.74, 6) is 1.74. The van der Waals surface area contributed by atoms with Gasteiger partial charge in [-0.15, -0.1) is 0 Å². The predicted octanol–water partition coefficient (Wildman–Crippen LogP) is 2.41. The third kappa shape index (κ3) is 1.49. The molecule has 3 heteroatoms. The van der Waals surface area contributed by atoms with E-state index in [0.29, 0.717) is 0 Å². The van der Waals surface area contributed by atoms with E-state index in [4.69, 9.17) is 5.73 Å². The number of aromatic nitrogens is 2. The van der Waals surface area contributed by atoms with Gasteiger partial charge >= 0.3 is 0 Å². The fourth-order valence-electron chi connectivity index (χ4n) is 2.83. The lowest BCUT2D eigenvalue weighted by molar-refractivity contribution is 0.239. The second-order valence-electron chi connectivity index (χ2n) is 5.18. The highest BCUT2D eigenvalue weighted by atomic mass is 15.0. The molecule has 2 fully saturated rings. The van der Waals surface area contributed by atoms with Crippen LogP contribution in [0.5, 0.6) is 0 Å².